The number of ether oxygens (including phenoxy) is 1. The van der Waals surface area contributed by atoms with Crippen LogP contribution in [-0.2, 0) is 9.53 Å². The molecule has 0 aromatic heterocycles. The molecule has 0 saturated carbocycles. The second-order valence-electron chi connectivity index (χ2n) is 4.30. The highest BCUT2D eigenvalue weighted by molar-refractivity contribution is 5.79. The van der Waals surface area contributed by atoms with E-state index in [2.05, 4.69) is 5.32 Å². The van der Waals surface area contributed by atoms with Crippen LogP contribution in [-0.4, -0.2) is 61.4 Å². The summed E-state index contributed by atoms with van der Waals surface area (Å²) in [5.74, 6) is 0.0862. The van der Waals surface area contributed by atoms with Gasteiger partial charge in [0.25, 0.3) is 0 Å². The van der Waals surface area contributed by atoms with Crippen LogP contribution in [0.15, 0.2) is 0 Å². The Morgan fingerprint density at radius 1 is 1.53 bits per heavy atom. The highest BCUT2D eigenvalue weighted by Crippen LogP contribution is 2.18. The van der Waals surface area contributed by atoms with Crippen LogP contribution in [0, 0.1) is 5.92 Å². The number of nitrogens with zero attached hydrogens (tertiary/aromatic N) is 1. The SMILES string of the molecule is CN(C(=O)C1CCOC1)[C@@H]1CNC[C@H]1O. The van der Waals surface area contributed by atoms with Crippen LogP contribution in [0.5, 0.6) is 0 Å². The van der Waals surface area contributed by atoms with E-state index in [0.29, 0.717) is 26.3 Å². The zero-order chi connectivity index (χ0) is 10.8. The number of aliphatic hydroxyl groups excluding tert-OH is 1. The molecule has 0 radical (unpaired) electrons. The molecule has 0 bridgehead atoms. The van der Waals surface area contributed by atoms with E-state index in [-0.39, 0.29) is 17.9 Å². The highest BCUT2D eigenvalue weighted by Gasteiger charge is 2.35. The van der Waals surface area contributed by atoms with E-state index in [0.717, 1.165) is 6.42 Å². The lowest BCUT2D eigenvalue weighted by Gasteiger charge is -2.28. The van der Waals surface area contributed by atoms with Gasteiger partial charge in [-0.25, -0.2) is 0 Å². The van der Waals surface area contributed by atoms with Gasteiger partial charge in [-0.3, -0.25) is 4.79 Å². The van der Waals surface area contributed by atoms with Crippen molar-refractivity contribution in [2.24, 2.45) is 5.92 Å². The van der Waals surface area contributed by atoms with Crippen LogP contribution in [0.25, 0.3) is 0 Å². The minimum Gasteiger partial charge on any atom is -0.390 e. The first-order valence-corrected chi connectivity index (χ1v) is 5.43. The number of amides is 1. The third-order valence-electron chi connectivity index (χ3n) is 3.28. The van der Waals surface area contributed by atoms with E-state index in [1.807, 2.05) is 0 Å². The van der Waals surface area contributed by atoms with Crippen LogP contribution in [0.3, 0.4) is 0 Å². The fourth-order valence-corrected chi connectivity index (χ4v) is 2.23. The van der Waals surface area contributed by atoms with E-state index in [4.69, 9.17) is 4.74 Å². The van der Waals surface area contributed by atoms with Crippen LogP contribution in [0.2, 0.25) is 0 Å². The number of rotatable bonds is 2. The number of aliphatic hydroxyl groups is 1. The molecule has 1 unspecified atom stereocenters. The largest absolute Gasteiger partial charge is 0.390 e. The van der Waals surface area contributed by atoms with Crippen molar-refractivity contribution in [3.8, 4) is 0 Å². The zero-order valence-electron chi connectivity index (χ0n) is 8.98. The Balaban J connectivity index is 1.94. The Morgan fingerprint density at radius 2 is 2.33 bits per heavy atom. The van der Waals surface area contributed by atoms with Gasteiger partial charge in [0.15, 0.2) is 0 Å². The molecular formula is C10H18N2O3. The summed E-state index contributed by atoms with van der Waals surface area (Å²) < 4.78 is 5.19. The molecule has 5 heteroatoms. The standard InChI is InChI=1S/C10H18N2O3/c1-12(8-4-11-5-9(8)13)10(14)7-2-3-15-6-7/h7-9,11,13H,2-6H2,1H3/t7?,8-,9-/m1/s1. The predicted molar refractivity (Wildman–Crippen MR) is 54.4 cm³/mol. The molecule has 1 amide bonds. The smallest absolute Gasteiger partial charge is 0.228 e. The van der Waals surface area contributed by atoms with E-state index in [1.165, 1.54) is 0 Å². The number of likely N-dealkylation sites (N-methyl/N-ethyl adjacent to an activating group) is 1. The van der Waals surface area contributed by atoms with E-state index in [1.54, 1.807) is 11.9 Å². The van der Waals surface area contributed by atoms with Gasteiger partial charge >= 0.3 is 0 Å². The van der Waals surface area contributed by atoms with Crippen LogP contribution >= 0.6 is 0 Å². The molecule has 3 atom stereocenters. The molecule has 86 valence electrons. The van der Waals surface area contributed by atoms with Crippen LogP contribution in [0.4, 0.5) is 0 Å². The second kappa shape index (κ2) is 4.47. The molecule has 2 aliphatic rings. The summed E-state index contributed by atoms with van der Waals surface area (Å²) in [6, 6.07) is -0.0851. The first kappa shape index (κ1) is 10.9. The Kier molecular flexibility index (Phi) is 3.23. The molecule has 0 spiro atoms. The lowest BCUT2D eigenvalue weighted by atomic mass is 10.1. The van der Waals surface area contributed by atoms with Gasteiger partial charge in [-0.05, 0) is 6.42 Å². The summed E-state index contributed by atoms with van der Waals surface area (Å²) in [5.41, 5.74) is 0. The molecule has 2 fully saturated rings. The molecule has 2 saturated heterocycles. The first-order valence-electron chi connectivity index (χ1n) is 5.43. The monoisotopic (exact) mass is 214 g/mol. The van der Waals surface area contributed by atoms with Gasteiger partial charge in [0.05, 0.1) is 24.7 Å². The van der Waals surface area contributed by atoms with Crippen molar-refractivity contribution in [2.75, 3.05) is 33.4 Å². The zero-order valence-corrected chi connectivity index (χ0v) is 8.98. The highest BCUT2D eigenvalue weighted by atomic mass is 16.5. The Bertz CT molecular complexity index is 241. The summed E-state index contributed by atoms with van der Waals surface area (Å²) in [4.78, 5) is 13.7. The van der Waals surface area contributed by atoms with Crippen molar-refractivity contribution in [3.05, 3.63) is 0 Å². The maximum Gasteiger partial charge on any atom is 0.228 e. The Morgan fingerprint density at radius 3 is 2.87 bits per heavy atom. The summed E-state index contributed by atoms with van der Waals surface area (Å²) in [5, 5.41) is 12.7. The normalized spacial score (nSPS) is 35.7. The minimum absolute atomic E-state index is 0.0113. The van der Waals surface area contributed by atoms with E-state index < -0.39 is 6.10 Å². The summed E-state index contributed by atoms with van der Waals surface area (Å²) >= 11 is 0. The quantitative estimate of drug-likeness (QED) is 0.607. The number of carbonyl (C=O) groups excluding carboxylic acids is 1. The van der Waals surface area contributed by atoms with Crippen LogP contribution in [0.1, 0.15) is 6.42 Å². The van der Waals surface area contributed by atoms with E-state index in [9.17, 15) is 9.90 Å². The maximum atomic E-state index is 12.0. The molecule has 0 aromatic rings. The molecule has 5 nitrogen and oxygen atoms in total. The molecule has 2 heterocycles. The lowest BCUT2D eigenvalue weighted by Crippen LogP contribution is -2.46. The molecule has 2 aliphatic heterocycles. The van der Waals surface area contributed by atoms with Gasteiger partial charge in [-0.15, -0.1) is 0 Å². The molecule has 2 rings (SSSR count). The van der Waals surface area contributed by atoms with Crippen molar-refractivity contribution in [3.63, 3.8) is 0 Å². The number of hydrogen-bond acceptors (Lipinski definition) is 4. The van der Waals surface area contributed by atoms with Crippen molar-refractivity contribution in [2.45, 2.75) is 18.6 Å². The number of carbonyl (C=O) groups is 1. The van der Waals surface area contributed by atoms with Crippen molar-refractivity contribution >= 4 is 5.91 Å². The summed E-state index contributed by atoms with van der Waals surface area (Å²) in [6.07, 6.45) is 0.362. The number of β-amino-alcohol motifs (C(OH)–C–C–N with tert-alkyl or cyclic N) is 1. The van der Waals surface area contributed by atoms with Gasteiger partial charge in [0.2, 0.25) is 5.91 Å². The second-order valence-corrected chi connectivity index (χ2v) is 4.30. The topological polar surface area (TPSA) is 61.8 Å². The molecule has 15 heavy (non-hydrogen) atoms. The summed E-state index contributed by atoms with van der Waals surface area (Å²) in [6.45, 7) is 2.45. The molecular weight excluding hydrogens is 196 g/mol. The molecule has 0 aliphatic carbocycles. The van der Waals surface area contributed by atoms with Gasteiger partial charge < -0.3 is 20.1 Å². The average molecular weight is 214 g/mol. The van der Waals surface area contributed by atoms with Gasteiger partial charge in [0.1, 0.15) is 0 Å². The molecule has 0 aromatic carbocycles. The maximum absolute atomic E-state index is 12.0. The van der Waals surface area contributed by atoms with Gasteiger partial charge in [0, 0.05) is 26.7 Å². The minimum atomic E-state index is -0.443. The van der Waals surface area contributed by atoms with Crippen molar-refractivity contribution in [1.82, 2.24) is 10.2 Å². The first-order chi connectivity index (χ1) is 7.20. The number of hydrogen-bond donors (Lipinski definition) is 2. The Hall–Kier alpha value is -0.650. The lowest BCUT2D eigenvalue weighted by molar-refractivity contribution is -0.137. The molecule has 2 N–H and O–H groups in total. The van der Waals surface area contributed by atoms with Gasteiger partial charge in [-0.2, -0.15) is 0 Å². The fraction of sp³-hybridized carbons (Fsp3) is 0.900. The summed E-state index contributed by atoms with van der Waals surface area (Å²) in [7, 11) is 1.77. The third kappa shape index (κ3) is 2.14. The predicted octanol–water partition coefficient (Wildman–Crippen LogP) is -1.19. The fourth-order valence-electron chi connectivity index (χ4n) is 2.23. The average Bonchev–Trinajstić information content (AvgIpc) is 2.85. The number of nitrogens with one attached hydrogen (secondary N) is 1. The van der Waals surface area contributed by atoms with Crippen molar-refractivity contribution < 1.29 is 14.6 Å². The Labute approximate surface area is 89.4 Å². The van der Waals surface area contributed by atoms with Crippen LogP contribution < -0.4 is 5.32 Å². The van der Waals surface area contributed by atoms with Gasteiger partial charge in [-0.1, -0.05) is 0 Å². The van der Waals surface area contributed by atoms with Crippen molar-refractivity contribution in [1.29, 1.82) is 0 Å². The van der Waals surface area contributed by atoms with E-state index >= 15 is 0 Å². The third-order valence-corrected chi connectivity index (χ3v) is 3.28.